The number of urea groups is 1. The summed E-state index contributed by atoms with van der Waals surface area (Å²) in [6.45, 7) is 3.94. The van der Waals surface area contributed by atoms with Crippen LogP contribution in [0.5, 0.6) is 11.5 Å². The Hall–Kier alpha value is -2.76. The van der Waals surface area contributed by atoms with Crippen molar-refractivity contribution >= 4 is 18.0 Å². The second-order valence-electron chi connectivity index (χ2n) is 3.98. The summed E-state index contributed by atoms with van der Waals surface area (Å²) in [6, 6.07) is 4.66. The SMILES string of the molecule is C=CCOc1ccc(C=C2NC(=O)NC2=O)cc1OC. The van der Waals surface area contributed by atoms with Crippen molar-refractivity contribution in [3.05, 3.63) is 42.1 Å². The van der Waals surface area contributed by atoms with Gasteiger partial charge in [0.1, 0.15) is 12.3 Å². The van der Waals surface area contributed by atoms with Crippen LogP contribution in [0.15, 0.2) is 36.6 Å². The summed E-state index contributed by atoms with van der Waals surface area (Å²) in [5.41, 5.74) is 0.900. The van der Waals surface area contributed by atoms with E-state index in [4.69, 9.17) is 9.47 Å². The third-order valence-corrected chi connectivity index (χ3v) is 2.58. The van der Waals surface area contributed by atoms with Gasteiger partial charge in [0.05, 0.1) is 7.11 Å². The molecule has 20 heavy (non-hydrogen) atoms. The first kappa shape index (κ1) is 13.7. The van der Waals surface area contributed by atoms with Crippen LogP contribution < -0.4 is 20.1 Å². The van der Waals surface area contributed by atoms with Crippen LogP contribution in [0.2, 0.25) is 0 Å². The zero-order chi connectivity index (χ0) is 14.5. The zero-order valence-electron chi connectivity index (χ0n) is 10.9. The molecular formula is C14H14N2O4. The molecule has 104 valence electrons. The molecule has 6 heteroatoms. The van der Waals surface area contributed by atoms with Gasteiger partial charge in [-0.05, 0) is 23.8 Å². The molecule has 2 rings (SSSR count). The van der Waals surface area contributed by atoms with Gasteiger partial charge >= 0.3 is 6.03 Å². The fraction of sp³-hybridized carbons (Fsp3) is 0.143. The minimum atomic E-state index is -0.529. The average molecular weight is 274 g/mol. The highest BCUT2D eigenvalue weighted by atomic mass is 16.5. The highest BCUT2D eigenvalue weighted by molar-refractivity contribution is 6.13. The smallest absolute Gasteiger partial charge is 0.326 e. The first-order valence-corrected chi connectivity index (χ1v) is 5.90. The number of methoxy groups -OCH3 is 1. The third-order valence-electron chi connectivity index (χ3n) is 2.58. The molecule has 1 saturated heterocycles. The van der Waals surface area contributed by atoms with Crippen molar-refractivity contribution in [3.8, 4) is 11.5 Å². The molecule has 1 heterocycles. The summed E-state index contributed by atoms with van der Waals surface area (Å²) < 4.78 is 10.6. The molecule has 6 nitrogen and oxygen atoms in total. The second kappa shape index (κ2) is 5.92. The lowest BCUT2D eigenvalue weighted by atomic mass is 10.1. The molecule has 1 aromatic rings. The van der Waals surface area contributed by atoms with Gasteiger partial charge in [0.25, 0.3) is 5.91 Å². The van der Waals surface area contributed by atoms with E-state index in [9.17, 15) is 9.59 Å². The number of hydrogen-bond donors (Lipinski definition) is 2. The zero-order valence-corrected chi connectivity index (χ0v) is 10.9. The Morgan fingerprint density at radius 1 is 1.25 bits per heavy atom. The second-order valence-corrected chi connectivity index (χ2v) is 3.98. The van der Waals surface area contributed by atoms with Crippen molar-refractivity contribution < 1.29 is 19.1 Å². The maximum atomic E-state index is 11.4. The molecule has 2 N–H and O–H groups in total. The molecule has 0 atom stereocenters. The number of amides is 3. The molecule has 3 amide bonds. The van der Waals surface area contributed by atoms with Gasteiger partial charge in [-0.25, -0.2) is 4.79 Å². The molecule has 1 fully saturated rings. The Morgan fingerprint density at radius 2 is 2.05 bits per heavy atom. The fourth-order valence-electron chi connectivity index (χ4n) is 1.69. The number of ether oxygens (including phenoxy) is 2. The van der Waals surface area contributed by atoms with E-state index in [2.05, 4.69) is 17.2 Å². The molecule has 0 saturated carbocycles. The number of imide groups is 1. The Bertz CT molecular complexity index is 593. The first-order chi connectivity index (χ1) is 9.63. The highest BCUT2D eigenvalue weighted by Crippen LogP contribution is 2.28. The summed E-state index contributed by atoms with van der Waals surface area (Å²) in [7, 11) is 1.52. The van der Waals surface area contributed by atoms with E-state index in [1.807, 2.05) is 0 Å². The average Bonchev–Trinajstić information content (AvgIpc) is 2.75. The van der Waals surface area contributed by atoms with Gasteiger partial charge in [0.2, 0.25) is 0 Å². The van der Waals surface area contributed by atoms with Crippen molar-refractivity contribution in [1.29, 1.82) is 0 Å². The van der Waals surface area contributed by atoms with E-state index in [1.54, 1.807) is 30.4 Å². The molecule has 0 radical (unpaired) electrons. The third kappa shape index (κ3) is 2.97. The number of benzene rings is 1. The van der Waals surface area contributed by atoms with Gasteiger partial charge in [-0.3, -0.25) is 10.1 Å². The summed E-state index contributed by atoms with van der Waals surface area (Å²) in [5, 5.41) is 4.55. The van der Waals surface area contributed by atoms with Crippen LogP contribution in [0.3, 0.4) is 0 Å². The number of carbonyl (C=O) groups excluding carboxylic acids is 2. The Kier molecular flexibility index (Phi) is 4.05. The monoisotopic (exact) mass is 274 g/mol. The summed E-state index contributed by atoms with van der Waals surface area (Å²) in [5.74, 6) is 0.654. The van der Waals surface area contributed by atoms with Crippen molar-refractivity contribution in [2.24, 2.45) is 0 Å². The summed E-state index contributed by atoms with van der Waals surface area (Å²) in [4.78, 5) is 22.4. The topological polar surface area (TPSA) is 76.7 Å². The van der Waals surface area contributed by atoms with Crippen LogP contribution >= 0.6 is 0 Å². The molecule has 0 aliphatic carbocycles. The minimum absolute atomic E-state index is 0.191. The van der Waals surface area contributed by atoms with Gasteiger partial charge in [0, 0.05) is 0 Å². The fourth-order valence-corrected chi connectivity index (χ4v) is 1.69. The standard InChI is InChI=1S/C14H14N2O4/c1-3-6-20-11-5-4-9(8-12(11)19-2)7-10-13(17)16-14(18)15-10/h3-5,7-8H,1,6H2,2H3,(H2,15,16,17,18). The van der Waals surface area contributed by atoms with Crippen molar-refractivity contribution in [2.75, 3.05) is 13.7 Å². The van der Waals surface area contributed by atoms with E-state index in [0.717, 1.165) is 0 Å². The van der Waals surface area contributed by atoms with Gasteiger partial charge < -0.3 is 14.8 Å². The van der Waals surface area contributed by atoms with Crippen LogP contribution in [0.1, 0.15) is 5.56 Å². The molecule has 1 aliphatic heterocycles. The molecular weight excluding hydrogens is 260 g/mol. The largest absolute Gasteiger partial charge is 0.493 e. The van der Waals surface area contributed by atoms with Crippen LogP contribution in [0.4, 0.5) is 4.79 Å². The van der Waals surface area contributed by atoms with E-state index >= 15 is 0 Å². The molecule has 0 aromatic heterocycles. The van der Waals surface area contributed by atoms with Gasteiger partial charge in [0.15, 0.2) is 11.5 Å². The van der Waals surface area contributed by atoms with Gasteiger partial charge in [-0.15, -0.1) is 0 Å². The lowest BCUT2D eigenvalue weighted by Crippen LogP contribution is -2.22. The number of carbonyl (C=O) groups is 2. The summed E-state index contributed by atoms with van der Waals surface area (Å²) >= 11 is 0. The summed E-state index contributed by atoms with van der Waals surface area (Å²) in [6.07, 6.45) is 3.19. The maximum absolute atomic E-state index is 11.4. The maximum Gasteiger partial charge on any atom is 0.326 e. The number of nitrogens with one attached hydrogen (secondary N) is 2. The van der Waals surface area contributed by atoms with Crippen LogP contribution in [-0.4, -0.2) is 25.7 Å². The number of rotatable bonds is 5. The van der Waals surface area contributed by atoms with E-state index in [1.165, 1.54) is 7.11 Å². The van der Waals surface area contributed by atoms with Gasteiger partial charge in [-0.1, -0.05) is 18.7 Å². The van der Waals surface area contributed by atoms with Gasteiger partial charge in [-0.2, -0.15) is 0 Å². The lowest BCUT2D eigenvalue weighted by Gasteiger charge is -2.09. The first-order valence-electron chi connectivity index (χ1n) is 5.90. The van der Waals surface area contributed by atoms with Crippen molar-refractivity contribution in [1.82, 2.24) is 10.6 Å². The van der Waals surface area contributed by atoms with Crippen LogP contribution in [0.25, 0.3) is 6.08 Å². The van der Waals surface area contributed by atoms with Crippen molar-refractivity contribution in [2.45, 2.75) is 0 Å². The van der Waals surface area contributed by atoms with E-state index in [0.29, 0.717) is 23.7 Å². The van der Waals surface area contributed by atoms with Crippen molar-refractivity contribution in [3.63, 3.8) is 0 Å². The number of hydrogen-bond acceptors (Lipinski definition) is 4. The minimum Gasteiger partial charge on any atom is -0.493 e. The van der Waals surface area contributed by atoms with E-state index in [-0.39, 0.29) is 5.70 Å². The Morgan fingerprint density at radius 3 is 2.65 bits per heavy atom. The normalized spacial score (nSPS) is 15.8. The molecule has 1 aromatic carbocycles. The van der Waals surface area contributed by atoms with E-state index < -0.39 is 11.9 Å². The molecule has 1 aliphatic rings. The highest BCUT2D eigenvalue weighted by Gasteiger charge is 2.22. The van der Waals surface area contributed by atoms with Crippen LogP contribution in [0, 0.1) is 0 Å². The molecule has 0 bridgehead atoms. The van der Waals surface area contributed by atoms with Crippen LogP contribution in [-0.2, 0) is 4.79 Å². The quantitative estimate of drug-likeness (QED) is 0.484. The Labute approximate surface area is 116 Å². The Balaban J connectivity index is 2.25. The molecule has 0 unspecified atom stereocenters. The predicted molar refractivity (Wildman–Crippen MR) is 73.3 cm³/mol. The molecule has 0 spiro atoms. The predicted octanol–water partition coefficient (Wildman–Crippen LogP) is 1.44. The lowest BCUT2D eigenvalue weighted by molar-refractivity contribution is -0.115.